The average Bonchev–Trinajstić information content (AvgIpc) is 2.75. The molecule has 4 heteroatoms. The first-order valence-electron chi connectivity index (χ1n) is 8.14. The van der Waals surface area contributed by atoms with E-state index < -0.39 is 6.04 Å². The van der Waals surface area contributed by atoms with Gasteiger partial charge in [-0.05, 0) is 68.1 Å². The van der Waals surface area contributed by atoms with E-state index in [0.717, 1.165) is 27.9 Å². The lowest BCUT2D eigenvalue weighted by molar-refractivity contribution is -0.121. The molecular formula is C20H22N2O2. The Balaban J connectivity index is 1.87. The van der Waals surface area contributed by atoms with Crippen molar-refractivity contribution in [2.75, 3.05) is 10.2 Å². The van der Waals surface area contributed by atoms with Gasteiger partial charge in [0.15, 0.2) is 0 Å². The zero-order valence-electron chi connectivity index (χ0n) is 14.5. The van der Waals surface area contributed by atoms with E-state index in [-0.39, 0.29) is 18.2 Å². The van der Waals surface area contributed by atoms with Crippen LogP contribution in [-0.2, 0) is 9.59 Å². The SMILES string of the molecule is Cc1cc(C)cc(NC2CC(=O)N(c3cc(C)ccc3C)C2=O)c1. The maximum absolute atomic E-state index is 12.8. The molecule has 0 spiro atoms. The van der Waals surface area contributed by atoms with E-state index in [4.69, 9.17) is 0 Å². The maximum atomic E-state index is 12.8. The summed E-state index contributed by atoms with van der Waals surface area (Å²) in [6.45, 7) is 7.91. The highest BCUT2D eigenvalue weighted by atomic mass is 16.2. The molecule has 3 rings (SSSR count). The molecule has 1 N–H and O–H groups in total. The quantitative estimate of drug-likeness (QED) is 0.877. The minimum atomic E-state index is -0.515. The Bertz CT molecular complexity index is 806. The van der Waals surface area contributed by atoms with Gasteiger partial charge in [-0.25, -0.2) is 4.90 Å². The zero-order valence-corrected chi connectivity index (χ0v) is 14.5. The van der Waals surface area contributed by atoms with Crippen molar-refractivity contribution in [2.24, 2.45) is 0 Å². The topological polar surface area (TPSA) is 49.4 Å². The van der Waals surface area contributed by atoms with Crippen LogP contribution in [0.1, 0.15) is 28.7 Å². The highest BCUT2D eigenvalue weighted by Gasteiger charge is 2.40. The van der Waals surface area contributed by atoms with Gasteiger partial charge < -0.3 is 5.32 Å². The fourth-order valence-corrected chi connectivity index (χ4v) is 3.22. The third kappa shape index (κ3) is 3.04. The Labute approximate surface area is 142 Å². The summed E-state index contributed by atoms with van der Waals surface area (Å²) >= 11 is 0. The molecular weight excluding hydrogens is 300 g/mol. The van der Waals surface area contributed by atoms with E-state index in [1.165, 1.54) is 4.90 Å². The molecule has 1 aliphatic rings. The van der Waals surface area contributed by atoms with Gasteiger partial charge in [0.2, 0.25) is 5.91 Å². The summed E-state index contributed by atoms with van der Waals surface area (Å²) in [5, 5.41) is 3.22. The molecule has 1 fully saturated rings. The van der Waals surface area contributed by atoms with Crippen LogP contribution < -0.4 is 10.2 Å². The Kier molecular flexibility index (Phi) is 4.14. The van der Waals surface area contributed by atoms with Crippen LogP contribution in [-0.4, -0.2) is 17.9 Å². The van der Waals surface area contributed by atoms with E-state index in [1.807, 2.05) is 58.0 Å². The highest BCUT2D eigenvalue weighted by Crippen LogP contribution is 2.29. The van der Waals surface area contributed by atoms with Gasteiger partial charge in [-0.2, -0.15) is 0 Å². The van der Waals surface area contributed by atoms with Crippen LogP contribution in [0.2, 0.25) is 0 Å². The first-order chi connectivity index (χ1) is 11.3. The van der Waals surface area contributed by atoms with E-state index in [0.29, 0.717) is 5.69 Å². The second-order valence-electron chi connectivity index (χ2n) is 6.63. The van der Waals surface area contributed by atoms with Gasteiger partial charge in [-0.1, -0.05) is 18.2 Å². The summed E-state index contributed by atoms with van der Waals surface area (Å²) in [7, 11) is 0. The number of rotatable bonds is 3. The number of hydrogen-bond donors (Lipinski definition) is 1. The largest absolute Gasteiger partial charge is 0.373 e. The number of carbonyl (C=O) groups excluding carboxylic acids is 2. The molecule has 0 bridgehead atoms. The Hall–Kier alpha value is -2.62. The highest BCUT2D eigenvalue weighted by molar-refractivity contribution is 6.23. The third-order valence-electron chi connectivity index (χ3n) is 4.31. The van der Waals surface area contributed by atoms with Gasteiger partial charge in [-0.15, -0.1) is 0 Å². The molecule has 2 amide bonds. The number of nitrogens with zero attached hydrogens (tertiary/aromatic N) is 1. The molecule has 1 atom stereocenters. The summed E-state index contributed by atoms with van der Waals surface area (Å²) in [4.78, 5) is 26.6. The van der Waals surface area contributed by atoms with Gasteiger partial charge in [0.05, 0.1) is 12.1 Å². The average molecular weight is 322 g/mol. The minimum absolute atomic E-state index is 0.157. The van der Waals surface area contributed by atoms with Crippen LogP contribution >= 0.6 is 0 Å². The number of aryl methyl sites for hydroxylation is 4. The first kappa shape index (κ1) is 16.2. The fourth-order valence-electron chi connectivity index (χ4n) is 3.22. The number of hydrogen-bond acceptors (Lipinski definition) is 3. The molecule has 24 heavy (non-hydrogen) atoms. The number of carbonyl (C=O) groups is 2. The first-order valence-corrected chi connectivity index (χ1v) is 8.14. The van der Waals surface area contributed by atoms with Crippen LogP contribution in [0.15, 0.2) is 36.4 Å². The molecule has 0 radical (unpaired) electrons. The van der Waals surface area contributed by atoms with Crippen molar-refractivity contribution < 1.29 is 9.59 Å². The maximum Gasteiger partial charge on any atom is 0.256 e. The lowest BCUT2D eigenvalue weighted by atomic mass is 10.1. The van der Waals surface area contributed by atoms with Crippen molar-refractivity contribution in [3.8, 4) is 0 Å². The minimum Gasteiger partial charge on any atom is -0.373 e. The van der Waals surface area contributed by atoms with Crippen molar-refractivity contribution in [1.29, 1.82) is 0 Å². The second-order valence-corrected chi connectivity index (χ2v) is 6.63. The molecule has 124 valence electrons. The Morgan fingerprint density at radius 2 is 1.58 bits per heavy atom. The van der Waals surface area contributed by atoms with Gasteiger partial charge in [0.25, 0.3) is 5.91 Å². The van der Waals surface area contributed by atoms with Crippen molar-refractivity contribution in [2.45, 2.75) is 40.2 Å². The molecule has 1 heterocycles. The van der Waals surface area contributed by atoms with Crippen LogP contribution in [0, 0.1) is 27.7 Å². The van der Waals surface area contributed by atoms with Crippen molar-refractivity contribution in [1.82, 2.24) is 0 Å². The monoisotopic (exact) mass is 322 g/mol. The van der Waals surface area contributed by atoms with Gasteiger partial charge in [0, 0.05) is 5.69 Å². The fraction of sp³-hybridized carbons (Fsp3) is 0.300. The molecule has 2 aromatic carbocycles. The summed E-state index contributed by atoms with van der Waals surface area (Å²) < 4.78 is 0. The Morgan fingerprint density at radius 3 is 2.25 bits per heavy atom. The standard InChI is InChI=1S/C20H22N2O2/c1-12-5-6-15(4)18(10-12)22-19(23)11-17(20(22)24)21-16-8-13(2)7-14(3)9-16/h5-10,17,21H,11H2,1-4H3. The smallest absolute Gasteiger partial charge is 0.256 e. The summed E-state index contributed by atoms with van der Waals surface area (Å²) in [6.07, 6.45) is 0.180. The molecule has 0 aromatic heterocycles. The van der Waals surface area contributed by atoms with Crippen molar-refractivity contribution >= 4 is 23.2 Å². The Morgan fingerprint density at radius 1 is 0.917 bits per heavy atom. The molecule has 1 saturated heterocycles. The lowest BCUT2D eigenvalue weighted by Crippen LogP contribution is -2.35. The van der Waals surface area contributed by atoms with E-state index in [9.17, 15) is 9.59 Å². The normalized spacial score (nSPS) is 17.5. The molecule has 1 aliphatic heterocycles. The van der Waals surface area contributed by atoms with Gasteiger partial charge in [0.1, 0.15) is 6.04 Å². The second kappa shape index (κ2) is 6.11. The van der Waals surface area contributed by atoms with Crippen LogP contribution in [0.25, 0.3) is 0 Å². The van der Waals surface area contributed by atoms with Gasteiger partial charge in [-0.3, -0.25) is 9.59 Å². The molecule has 0 saturated carbocycles. The van der Waals surface area contributed by atoms with Crippen molar-refractivity contribution in [3.63, 3.8) is 0 Å². The van der Waals surface area contributed by atoms with Crippen molar-refractivity contribution in [3.05, 3.63) is 58.7 Å². The van der Waals surface area contributed by atoms with Crippen LogP contribution in [0.5, 0.6) is 0 Å². The number of anilines is 2. The molecule has 1 unspecified atom stereocenters. The van der Waals surface area contributed by atoms with Crippen LogP contribution in [0.4, 0.5) is 11.4 Å². The van der Waals surface area contributed by atoms with Crippen LogP contribution in [0.3, 0.4) is 0 Å². The third-order valence-corrected chi connectivity index (χ3v) is 4.31. The number of amides is 2. The summed E-state index contributed by atoms with van der Waals surface area (Å²) in [6, 6.07) is 11.4. The predicted molar refractivity (Wildman–Crippen MR) is 96.4 cm³/mol. The van der Waals surface area contributed by atoms with E-state index >= 15 is 0 Å². The summed E-state index contributed by atoms with van der Waals surface area (Å²) in [5.74, 6) is -0.344. The molecule has 0 aliphatic carbocycles. The molecule has 2 aromatic rings. The predicted octanol–water partition coefficient (Wildman–Crippen LogP) is 3.66. The lowest BCUT2D eigenvalue weighted by Gasteiger charge is -2.19. The van der Waals surface area contributed by atoms with E-state index in [1.54, 1.807) is 0 Å². The van der Waals surface area contributed by atoms with Gasteiger partial charge >= 0.3 is 0 Å². The molecule has 4 nitrogen and oxygen atoms in total. The van der Waals surface area contributed by atoms with E-state index in [2.05, 4.69) is 11.4 Å². The number of nitrogens with one attached hydrogen (secondary N) is 1. The number of benzene rings is 2. The zero-order chi connectivity index (χ0) is 17.4. The number of imide groups is 1. The summed E-state index contributed by atoms with van der Waals surface area (Å²) in [5.41, 5.74) is 5.77.